The molecular formula is C27H42N4O6Si. The standard InChI is InChI=1S/C27H42N4O6Si/c1-18(2)15-21(23(32)25-30-31(27(35)37-25)13-14-38(5,6)7)28-24(33)22(16-19(3)4)29-26(34)36-17-20-11-9-8-10-12-20/h8-12,18-19,21-22H,13-17H2,1-7H3,(H,28,33)(H,29,34)/t21?,22-/m0/s1. The van der Waals surface area contributed by atoms with E-state index in [2.05, 4.69) is 35.4 Å². The number of benzene rings is 1. The van der Waals surface area contributed by atoms with E-state index >= 15 is 0 Å². The maximum Gasteiger partial charge on any atom is 0.437 e. The maximum atomic E-state index is 13.3. The van der Waals surface area contributed by atoms with E-state index in [0.29, 0.717) is 19.4 Å². The van der Waals surface area contributed by atoms with Gasteiger partial charge in [0, 0.05) is 14.6 Å². The Balaban J connectivity index is 2.13. The van der Waals surface area contributed by atoms with Gasteiger partial charge in [-0.3, -0.25) is 9.59 Å². The van der Waals surface area contributed by atoms with E-state index < -0.39 is 43.7 Å². The van der Waals surface area contributed by atoms with Crippen LogP contribution in [0.5, 0.6) is 0 Å². The van der Waals surface area contributed by atoms with Crippen molar-refractivity contribution in [3.63, 3.8) is 0 Å². The molecule has 38 heavy (non-hydrogen) atoms. The quantitative estimate of drug-likeness (QED) is 0.268. The van der Waals surface area contributed by atoms with Crippen LogP contribution in [0.4, 0.5) is 4.79 Å². The molecule has 0 aliphatic heterocycles. The summed E-state index contributed by atoms with van der Waals surface area (Å²) in [5.41, 5.74) is 0.820. The molecule has 1 aromatic carbocycles. The zero-order valence-electron chi connectivity index (χ0n) is 23.6. The molecule has 0 aliphatic carbocycles. The largest absolute Gasteiger partial charge is 0.445 e. The topological polar surface area (TPSA) is 133 Å². The van der Waals surface area contributed by atoms with E-state index in [0.717, 1.165) is 11.6 Å². The van der Waals surface area contributed by atoms with Crippen LogP contribution in [0.15, 0.2) is 39.5 Å². The number of Topliss-reactive ketones (excluding diaryl/α,β-unsaturated/α-hetero) is 1. The molecule has 0 spiro atoms. The Bertz CT molecular complexity index is 1120. The summed E-state index contributed by atoms with van der Waals surface area (Å²) in [5, 5.41) is 9.49. The molecular weight excluding hydrogens is 504 g/mol. The summed E-state index contributed by atoms with van der Waals surface area (Å²) >= 11 is 0. The van der Waals surface area contributed by atoms with Crippen molar-refractivity contribution in [2.75, 3.05) is 0 Å². The van der Waals surface area contributed by atoms with Crippen LogP contribution in [-0.2, 0) is 22.7 Å². The third kappa shape index (κ3) is 10.6. The van der Waals surface area contributed by atoms with Crippen LogP contribution in [0.3, 0.4) is 0 Å². The van der Waals surface area contributed by atoms with Gasteiger partial charge in [0.1, 0.15) is 12.6 Å². The number of aromatic nitrogens is 2. The van der Waals surface area contributed by atoms with Crippen molar-refractivity contribution < 1.29 is 23.5 Å². The van der Waals surface area contributed by atoms with Crippen molar-refractivity contribution in [2.24, 2.45) is 11.8 Å². The Kier molecular flexibility index (Phi) is 11.5. The lowest BCUT2D eigenvalue weighted by Crippen LogP contribution is -2.52. The van der Waals surface area contributed by atoms with Gasteiger partial charge in [-0.05, 0) is 36.3 Å². The van der Waals surface area contributed by atoms with Gasteiger partial charge in [0.05, 0.1) is 6.04 Å². The first-order valence-electron chi connectivity index (χ1n) is 13.1. The molecule has 2 aromatic rings. The van der Waals surface area contributed by atoms with Gasteiger partial charge >= 0.3 is 11.8 Å². The van der Waals surface area contributed by atoms with Crippen molar-refractivity contribution in [3.05, 3.63) is 52.3 Å². The third-order valence-electron chi connectivity index (χ3n) is 5.76. The molecule has 0 saturated heterocycles. The van der Waals surface area contributed by atoms with Crippen molar-refractivity contribution in [3.8, 4) is 0 Å². The lowest BCUT2D eigenvalue weighted by atomic mass is 9.98. The monoisotopic (exact) mass is 546 g/mol. The highest BCUT2D eigenvalue weighted by molar-refractivity contribution is 6.76. The number of amides is 2. The summed E-state index contributed by atoms with van der Waals surface area (Å²) in [6, 6.07) is 8.14. The van der Waals surface area contributed by atoms with Crippen molar-refractivity contribution in [2.45, 2.75) is 91.5 Å². The number of hydrogen-bond acceptors (Lipinski definition) is 7. The molecule has 2 amide bonds. The molecule has 1 aromatic heterocycles. The Morgan fingerprint density at radius 3 is 2.16 bits per heavy atom. The van der Waals surface area contributed by atoms with Gasteiger partial charge in [-0.25, -0.2) is 9.59 Å². The summed E-state index contributed by atoms with van der Waals surface area (Å²) < 4.78 is 11.6. The summed E-state index contributed by atoms with van der Waals surface area (Å²) in [7, 11) is -1.44. The maximum absolute atomic E-state index is 13.3. The Labute approximate surface area is 225 Å². The molecule has 11 heteroatoms. The molecule has 2 atom stereocenters. The van der Waals surface area contributed by atoms with E-state index in [4.69, 9.17) is 9.15 Å². The smallest absolute Gasteiger partial charge is 0.437 e. The number of hydrogen-bond donors (Lipinski definition) is 2. The van der Waals surface area contributed by atoms with Gasteiger partial charge in [-0.2, -0.15) is 4.68 Å². The first kappa shape index (κ1) is 31.0. The van der Waals surface area contributed by atoms with Crippen molar-refractivity contribution in [1.29, 1.82) is 0 Å². The van der Waals surface area contributed by atoms with E-state index in [9.17, 15) is 19.2 Å². The molecule has 0 radical (unpaired) electrons. The Hall–Kier alpha value is -3.21. The van der Waals surface area contributed by atoms with Crippen LogP contribution in [0, 0.1) is 11.8 Å². The van der Waals surface area contributed by atoms with Crippen molar-refractivity contribution in [1.82, 2.24) is 20.4 Å². The normalized spacial score (nSPS) is 13.3. The average molecular weight is 547 g/mol. The molecule has 2 rings (SSSR count). The number of ether oxygens (including phenoxy) is 1. The zero-order valence-corrected chi connectivity index (χ0v) is 24.6. The number of carbonyl (C=O) groups is 3. The van der Waals surface area contributed by atoms with E-state index in [1.54, 1.807) is 0 Å². The fraction of sp³-hybridized carbons (Fsp3) is 0.593. The van der Waals surface area contributed by atoms with Gasteiger partial charge in [0.15, 0.2) is 0 Å². The van der Waals surface area contributed by atoms with Crippen LogP contribution in [0.25, 0.3) is 0 Å². The third-order valence-corrected chi connectivity index (χ3v) is 7.48. The van der Waals surface area contributed by atoms with Gasteiger partial charge in [-0.1, -0.05) is 77.7 Å². The van der Waals surface area contributed by atoms with Crippen LogP contribution in [0.2, 0.25) is 25.7 Å². The highest BCUT2D eigenvalue weighted by Crippen LogP contribution is 2.13. The van der Waals surface area contributed by atoms with E-state index in [1.807, 2.05) is 58.0 Å². The minimum absolute atomic E-state index is 0.0530. The fourth-order valence-electron chi connectivity index (χ4n) is 3.72. The number of rotatable bonds is 14. The summed E-state index contributed by atoms with van der Waals surface area (Å²) in [4.78, 5) is 51.3. The minimum Gasteiger partial charge on any atom is -0.445 e. The molecule has 0 bridgehead atoms. The number of aryl methyl sites for hydroxylation is 1. The fourth-order valence-corrected chi connectivity index (χ4v) is 4.61. The van der Waals surface area contributed by atoms with Crippen LogP contribution < -0.4 is 16.4 Å². The first-order valence-corrected chi connectivity index (χ1v) is 16.9. The van der Waals surface area contributed by atoms with Crippen LogP contribution in [-0.4, -0.2) is 47.7 Å². The SMILES string of the molecule is CC(C)CC(NC(=O)[C@H](CC(C)C)NC(=O)OCc1ccccc1)C(=O)c1nn(CC[Si](C)(C)C)c(=O)o1. The van der Waals surface area contributed by atoms with Gasteiger partial charge in [0.2, 0.25) is 11.7 Å². The van der Waals surface area contributed by atoms with Crippen molar-refractivity contribution >= 4 is 25.9 Å². The highest BCUT2D eigenvalue weighted by atomic mass is 28.3. The number of ketones is 1. The first-order chi connectivity index (χ1) is 17.7. The summed E-state index contributed by atoms with van der Waals surface area (Å²) in [6.07, 6.45) is -0.0773. The molecule has 0 saturated carbocycles. The second-order valence-electron chi connectivity index (χ2n) is 11.7. The molecule has 0 aliphatic rings. The van der Waals surface area contributed by atoms with E-state index in [1.165, 1.54) is 4.68 Å². The minimum atomic E-state index is -1.44. The molecule has 1 heterocycles. The van der Waals surface area contributed by atoms with E-state index in [-0.39, 0.29) is 24.3 Å². The van der Waals surface area contributed by atoms with Gasteiger partial charge in [0.25, 0.3) is 5.89 Å². The molecule has 2 N–H and O–H groups in total. The van der Waals surface area contributed by atoms with Crippen LogP contribution >= 0.6 is 0 Å². The number of nitrogens with zero attached hydrogens (tertiary/aromatic N) is 2. The van der Waals surface area contributed by atoms with Crippen LogP contribution in [0.1, 0.15) is 56.8 Å². The lowest BCUT2D eigenvalue weighted by Gasteiger charge is -2.24. The molecule has 0 fully saturated rings. The molecule has 10 nitrogen and oxygen atoms in total. The molecule has 210 valence electrons. The summed E-state index contributed by atoms with van der Waals surface area (Å²) in [6.45, 7) is 14.7. The predicted octanol–water partition coefficient (Wildman–Crippen LogP) is 4.23. The number of carbonyl (C=O) groups excluding carboxylic acids is 3. The number of alkyl carbamates (subject to hydrolysis) is 1. The summed E-state index contributed by atoms with van der Waals surface area (Å²) in [5.74, 6) is -1.98. The van der Waals surface area contributed by atoms with Gasteiger partial charge < -0.3 is 19.8 Å². The van der Waals surface area contributed by atoms with Gasteiger partial charge in [-0.15, -0.1) is 5.10 Å². The Morgan fingerprint density at radius 2 is 1.58 bits per heavy atom. The number of nitrogens with one attached hydrogen (secondary N) is 2. The average Bonchev–Trinajstić information content (AvgIpc) is 3.20. The second kappa shape index (κ2) is 14.1. The lowest BCUT2D eigenvalue weighted by molar-refractivity contribution is -0.124. The Morgan fingerprint density at radius 1 is 0.974 bits per heavy atom. The predicted molar refractivity (Wildman–Crippen MR) is 148 cm³/mol. The second-order valence-corrected chi connectivity index (χ2v) is 17.3. The zero-order chi connectivity index (χ0) is 28.5. The highest BCUT2D eigenvalue weighted by Gasteiger charge is 2.31. The molecule has 1 unspecified atom stereocenters.